The molecule has 0 bridgehead atoms. The highest BCUT2D eigenvalue weighted by molar-refractivity contribution is 5.80. The Morgan fingerprint density at radius 2 is 2.12 bits per heavy atom. The Kier molecular flexibility index (Phi) is 6.68. The summed E-state index contributed by atoms with van der Waals surface area (Å²) in [6.45, 7) is 9.07. The number of nitrogens with zero attached hydrogens (tertiary/aromatic N) is 1. The average molecular weight is 360 g/mol. The number of ether oxygens (including phenoxy) is 2. The number of benzene rings is 1. The Bertz CT molecular complexity index is 566. The van der Waals surface area contributed by atoms with Crippen molar-refractivity contribution in [2.24, 2.45) is 5.41 Å². The molecule has 5 heteroatoms. The van der Waals surface area contributed by atoms with Crippen molar-refractivity contribution in [3.8, 4) is 0 Å². The fourth-order valence-electron chi connectivity index (χ4n) is 3.81. The summed E-state index contributed by atoms with van der Waals surface area (Å²) in [5.74, 6) is -0.0245. The first-order valence-corrected chi connectivity index (χ1v) is 9.81. The van der Waals surface area contributed by atoms with Crippen molar-refractivity contribution in [3.63, 3.8) is 0 Å². The van der Waals surface area contributed by atoms with Gasteiger partial charge < -0.3 is 14.8 Å². The van der Waals surface area contributed by atoms with Crippen molar-refractivity contribution >= 4 is 5.91 Å². The van der Waals surface area contributed by atoms with Crippen LogP contribution in [0.5, 0.6) is 0 Å². The molecule has 1 amide bonds. The average Bonchev–Trinajstić information content (AvgIpc) is 2.64. The molecule has 3 rings (SSSR count). The quantitative estimate of drug-likeness (QED) is 0.774. The van der Waals surface area contributed by atoms with Crippen LogP contribution in [-0.4, -0.2) is 55.9 Å². The minimum atomic E-state index is -0.426. The van der Waals surface area contributed by atoms with Crippen LogP contribution >= 0.6 is 0 Å². The van der Waals surface area contributed by atoms with E-state index in [1.54, 1.807) is 0 Å². The van der Waals surface area contributed by atoms with Gasteiger partial charge in [-0.05, 0) is 31.7 Å². The third-order valence-electron chi connectivity index (χ3n) is 5.32. The van der Waals surface area contributed by atoms with Crippen LogP contribution in [0.25, 0.3) is 0 Å². The van der Waals surface area contributed by atoms with Gasteiger partial charge in [-0.3, -0.25) is 9.69 Å². The molecular weight excluding hydrogens is 328 g/mol. The van der Waals surface area contributed by atoms with E-state index in [0.717, 1.165) is 39.1 Å². The van der Waals surface area contributed by atoms with Crippen molar-refractivity contribution in [1.82, 2.24) is 10.2 Å². The summed E-state index contributed by atoms with van der Waals surface area (Å²) >= 11 is 0. The van der Waals surface area contributed by atoms with Gasteiger partial charge in [-0.15, -0.1) is 0 Å². The number of carbonyl (C=O) groups excluding carboxylic acids is 1. The van der Waals surface area contributed by atoms with Gasteiger partial charge in [0.2, 0.25) is 5.91 Å². The number of hydrogen-bond donors (Lipinski definition) is 1. The van der Waals surface area contributed by atoms with Crippen molar-refractivity contribution in [1.29, 1.82) is 0 Å². The molecule has 1 aromatic rings. The van der Waals surface area contributed by atoms with Crippen molar-refractivity contribution in [2.45, 2.75) is 51.9 Å². The highest BCUT2D eigenvalue weighted by Crippen LogP contribution is 2.30. The molecule has 1 N–H and O–H groups in total. The van der Waals surface area contributed by atoms with Gasteiger partial charge in [0.15, 0.2) is 0 Å². The summed E-state index contributed by atoms with van der Waals surface area (Å²) < 4.78 is 11.4. The van der Waals surface area contributed by atoms with E-state index in [2.05, 4.69) is 41.4 Å². The summed E-state index contributed by atoms with van der Waals surface area (Å²) in [7, 11) is 0. The Morgan fingerprint density at radius 3 is 2.81 bits per heavy atom. The molecule has 144 valence electrons. The molecule has 0 spiro atoms. The molecule has 1 aromatic carbocycles. The number of carbonyl (C=O) groups is 1. The molecule has 0 aromatic heterocycles. The Balaban J connectivity index is 1.32. The maximum Gasteiger partial charge on any atom is 0.248 e. The maximum atomic E-state index is 12.3. The topological polar surface area (TPSA) is 50.8 Å². The first-order chi connectivity index (χ1) is 12.5. The summed E-state index contributed by atoms with van der Waals surface area (Å²) in [4.78, 5) is 14.7. The second-order valence-electron chi connectivity index (χ2n) is 8.12. The lowest BCUT2D eigenvalue weighted by Crippen LogP contribution is -2.59. The molecule has 2 fully saturated rings. The van der Waals surface area contributed by atoms with Crippen LogP contribution in [0.3, 0.4) is 0 Å². The first-order valence-electron chi connectivity index (χ1n) is 9.81. The Morgan fingerprint density at radius 1 is 1.35 bits per heavy atom. The molecule has 0 saturated carbocycles. The van der Waals surface area contributed by atoms with Crippen LogP contribution in [0.4, 0.5) is 0 Å². The van der Waals surface area contributed by atoms with Crippen LogP contribution < -0.4 is 5.32 Å². The number of rotatable bonds is 8. The fraction of sp³-hybridized carbons (Fsp3) is 0.667. The standard InChI is InChI=1S/C21H32N2O3/c1-17(26-13-19-10-6-7-11-25-19)20(24)22-14-21(2)15-23(16-21)12-18-8-4-3-5-9-18/h3-5,8-9,17,19H,6-7,10-16H2,1-2H3,(H,22,24)/t17-,19-/m0/s1. The van der Waals surface area contributed by atoms with E-state index >= 15 is 0 Å². The van der Waals surface area contributed by atoms with Gasteiger partial charge >= 0.3 is 0 Å². The van der Waals surface area contributed by atoms with Gasteiger partial charge in [-0.25, -0.2) is 0 Å². The van der Waals surface area contributed by atoms with E-state index in [1.807, 2.05) is 13.0 Å². The van der Waals surface area contributed by atoms with E-state index in [1.165, 1.54) is 12.0 Å². The smallest absolute Gasteiger partial charge is 0.248 e. The minimum Gasteiger partial charge on any atom is -0.376 e. The van der Waals surface area contributed by atoms with Crippen molar-refractivity contribution in [2.75, 3.05) is 32.8 Å². The van der Waals surface area contributed by atoms with E-state index in [4.69, 9.17) is 9.47 Å². The molecular formula is C21H32N2O3. The van der Waals surface area contributed by atoms with Gasteiger partial charge in [-0.1, -0.05) is 37.3 Å². The van der Waals surface area contributed by atoms with Crippen LogP contribution in [-0.2, 0) is 20.8 Å². The van der Waals surface area contributed by atoms with Crippen molar-refractivity contribution < 1.29 is 14.3 Å². The lowest BCUT2D eigenvalue weighted by molar-refractivity contribution is -0.136. The van der Waals surface area contributed by atoms with Crippen LogP contribution in [0, 0.1) is 5.41 Å². The first kappa shape index (κ1) is 19.3. The lowest BCUT2D eigenvalue weighted by Gasteiger charge is -2.48. The fourth-order valence-corrected chi connectivity index (χ4v) is 3.81. The predicted octanol–water partition coefficient (Wildman–Crippen LogP) is 2.60. The van der Waals surface area contributed by atoms with E-state index in [0.29, 0.717) is 13.2 Å². The predicted molar refractivity (Wildman–Crippen MR) is 102 cm³/mol. The van der Waals surface area contributed by atoms with Crippen LogP contribution in [0.15, 0.2) is 30.3 Å². The van der Waals surface area contributed by atoms with Gasteiger partial charge in [0.05, 0.1) is 12.7 Å². The summed E-state index contributed by atoms with van der Waals surface area (Å²) in [5, 5.41) is 3.07. The van der Waals surface area contributed by atoms with Gasteiger partial charge in [-0.2, -0.15) is 0 Å². The lowest BCUT2D eigenvalue weighted by atomic mass is 9.81. The molecule has 2 atom stereocenters. The second-order valence-corrected chi connectivity index (χ2v) is 8.12. The van der Waals surface area contributed by atoms with Gasteiger partial charge in [0, 0.05) is 38.2 Å². The Labute approximate surface area is 157 Å². The summed E-state index contributed by atoms with van der Waals surface area (Å²) in [5.41, 5.74) is 1.49. The molecule has 2 aliphatic heterocycles. The molecule has 2 saturated heterocycles. The highest BCUT2D eigenvalue weighted by Gasteiger charge is 2.38. The monoisotopic (exact) mass is 360 g/mol. The molecule has 2 aliphatic rings. The number of hydrogen-bond acceptors (Lipinski definition) is 4. The van der Waals surface area contributed by atoms with Gasteiger partial charge in [0.25, 0.3) is 0 Å². The van der Waals surface area contributed by atoms with E-state index in [-0.39, 0.29) is 17.4 Å². The zero-order valence-corrected chi connectivity index (χ0v) is 16.1. The zero-order valence-electron chi connectivity index (χ0n) is 16.1. The molecule has 2 heterocycles. The van der Waals surface area contributed by atoms with E-state index < -0.39 is 6.10 Å². The molecule has 5 nitrogen and oxygen atoms in total. The third-order valence-corrected chi connectivity index (χ3v) is 5.32. The third kappa shape index (κ3) is 5.53. The molecule has 26 heavy (non-hydrogen) atoms. The summed E-state index contributed by atoms with van der Waals surface area (Å²) in [6, 6.07) is 10.5. The van der Waals surface area contributed by atoms with Crippen LogP contribution in [0.2, 0.25) is 0 Å². The zero-order chi connectivity index (χ0) is 18.4. The molecule has 0 unspecified atom stereocenters. The van der Waals surface area contributed by atoms with Crippen molar-refractivity contribution in [3.05, 3.63) is 35.9 Å². The number of amides is 1. The van der Waals surface area contributed by atoms with Crippen LogP contribution in [0.1, 0.15) is 38.7 Å². The molecule has 0 aliphatic carbocycles. The maximum absolute atomic E-state index is 12.3. The summed E-state index contributed by atoms with van der Waals surface area (Å²) in [6.07, 6.45) is 3.07. The minimum absolute atomic E-state index is 0.0245. The largest absolute Gasteiger partial charge is 0.376 e. The SMILES string of the molecule is C[C@H](OC[C@@H]1CCCCO1)C(=O)NCC1(C)CN(Cc2ccccc2)C1. The highest BCUT2D eigenvalue weighted by atomic mass is 16.5. The Hall–Kier alpha value is -1.43. The number of nitrogens with one attached hydrogen (secondary N) is 1. The number of likely N-dealkylation sites (tertiary alicyclic amines) is 1. The molecule has 0 radical (unpaired) electrons. The normalized spacial score (nSPS) is 23.8. The van der Waals surface area contributed by atoms with E-state index in [9.17, 15) is 4.79 Å². The van der Waals surface area contributed by atoms with Gasteiger partial charge in [0.1, 0.15) is 6.10 Å². The second kappa shape index (κ2) is 8.98.